The number of aryl methyl sites for hydroxylation is 1. The predicted octanol–water partition coefficient (Wildman–Crippen LogP) is 2.39. The van der Waals surface area contributed by atoms with Gasteiger partial charge in [-0.3, -0.25) is 4.90 Å². The first-order valence-electron chi connectivity index (χ1n) is 9.07. The van der Waals surface area contributed by atoms with Crippen LogP contribution >= 0.6 is 0 Å². The van der Waals surface area contributed by atoms with Gasteiger partial charge >= 0.3 is 6.03 Å². The molecule has 2 unspecified atom stereocenters. The first kappa shape index (κ1) is 17.2. The Morgan fingerprint density at radius 3 is 2.79 bits per heavy atom. The van der Waals surface area contributed by atoms with Crippen LogP contribution in [0.4, 0.5) is 4.79 Å². The fraction of sp³-hybridized carbons (Fsp3) is 0.632. The van der Waals surface area contributed by atoms with E-state index in [0.717, 1.165) is 52.2 Å². The minimum atomic E-state index is 0.0493. The number of piperazine rings is 1. The van der Waals surface area contributed by atoms with E-state index in [1.165, 1.54) is 11.1 Å². The van der Waals surface area contributed by atoms with E-state index in [1.807, 2.05) is 11.8 Å². The molecule has 0 radical (unpaired) electrons. The quantitative estimate of drug-likeness (QED) is 0.921. The van der Waals surface area contributed by atoms with Crippen LogP contribution in [0.1, 0.15) is 30.9 Å². The molecule has 2 amide bonds. The van der Waals surface area contributed by atoms with E-state index in [1.54, 1.807) is 0 Å². The molecule has 24 heavy (non-hydrogen) atoms. The molecule has 2 fully saturated rings. The normalized spacial score (nSPS) is 23.2. The van der Waals surface area contributed by atoms with Crippen LogP contribution in [0, 0.1) is 6.92 Å². The van der Waals surface area contributed by atoms with Gasteiger partial charge in [-0.1, -0.05) is 29.8 Å². The maximum Gasteiger partial charge on any atom is 0.317 e. The van der Waals surface area contributed by atoms with Crippen LogP contribution < -0.4 is 5.32 Å². The average Bonchev–Trinajstić information content (AvgIpc) is 3.10. The maximum absolute atomic E-state index is 12.4. The molecule has 2 atom stereocenters. The average molecular weight is 331 g/mol. The number of carbonyl (C=O) groups is 1. The second-order valence-corrected chi connectivity index (χ2v) is 7.04. The number of ether oxygens (including phenoxy) is 1. The van der Waals surface area contributed by atoms with Crippen LogP contribution in [0.2, 0.25) is 0 Å². The highest BCUT2D eigenvalue weighted by Gasteiger charge is 2.27. The molecule has 132 valence electrons. The van der Waals surface area contributed by atoms with Gasteiger partial charge in [0.1, 0.15) is 0 Å². The van der Waals surface area contributed by atoms with Crippen LogP contribution in [0.3, 0.4) is 0 Å². The number of nitrogens with zero attached hydrogens (tertiary/aromatic N) is 2. The molecule has 3 rings (SSSR count). The highest BCUT2D eigenvalue weighted by Crippen LogP contribution is 2.16. The highest BCUT2D eigenvalue weighted by molar-refractivity contribution is 5.74. The van der Waals surface area contributed by atoms with E-state index in [-0.39, 0.29) is 18.2 Å². The zero-order valence-corrected chi connectivity index (χ0v) is 14.8. The monoisotopic (exact) mass is 331 g/mol. The van der Waals surface area contributed by atoms with E-state index in [2.05, 4.69) is 41.4 Å². The van der Waals surface area contributed by atoms with Gasteiger partial charge in [-0.15, -0.1) is 0 Å². The topological polar surface area (TPSA) is 44.8 Å². The van der Waals surface area contributed by atoms with Gasteiger partial charge in [0.25, 0.3) is 0 Å². The molecule has 5 heteroatoms. The fourth-order valence-electron chi connectivity index (χ4n) is 3.55. The van der Waals surface area contributed by atoms with Crippen molar-refractivity contribution in [2.75, 3.05) is 32.8 Å². The van der Waals surface area contributed by atoms with Crippen molar-refractivity contribution >= 4 is 6.03 Å². The molecule has 1 aromatic rings. The maximum atomic E-state index is 12.4. The zero-order valence-electron chi connectivity index (χ0n) is 14.8. The number of carbonyl (C=O) groups excluding carboxylic acids is 1. The Kier molecular flexibility index (Phi) is 5.74. The van der Waals surface area contributed by atoms with Crippen molar-refractivity contribution in [1.82, 2.24) is 15.1 Å². The van der Waals surface area contributed by atoms with Crippen LogP contribution in [0.15, 0.2) is 24.3 Å². The predicted molar refractivity (Wildman–Crippen MR) is 95.0 cm³/mol. The molecule has 0 aliphatic carbocycles. The summed E-state index contributed by atoms with van der Waals surface area (Å²) in [5.74, 6) is 0. The minimum absolute atomic E-state index is 0.0493. The summed E-state index contributed by atoms with van der Waals surface area (Å²) >= 11 is 0. The molecule has 2 aliphatic heterocycles. The summed E-state index contributed by atoms with van der Waals surface area (Å²) in [6, 6.07) is 8.79. The molecule has 1 aromatic carbocycles. The van der Waals surface area contributed by atoms with Crippen LogP contribution in [-0.2, 0) is 11.3 Å². The molecule has 5 nitrogen and oxygen atoms in total. The van der Waals surface area contributed by atoms with Crippen molar-refractivity contribution in [3.63, 3.8) is 0 Å². The second kappa shape index (κ2) is 7.99. The van der Waals surface area contributed by atoms with Gasteiger partial charge in [-0.05, 0) is 32.3 Å². The largest absolute Gasteiger partial charge is 0.376 e. The summed E-state index contributed by atoms with van der Waals surface area (Å²) in [6.07, 6.45) is 2.32. The van der Waals surface area contributed by atoms with E-state index >= 15 is 0 Å². The Morgan fingerprint density at radius 2 is 2.12 bits per heavy atom. The van der Waals surface area contributed by atoms with Gasteiger partial charge < -0.3 is 15.0 Å². The van der Waals surface area contributed by atoms with E-state index in [4.69, 9.17) is 4.74 Å². The summed E-state index contributed by atoms with van der Waals surface area (Å²) in [4.78, 5) is 16.8. The summed E-state index contributed by atoms with van der Waals surface area (Å²) in [6.45, 7) is 9.38. The first-order valence-corrected chi connectivity index (χ1v) is 9.07. The molecule has 0 aromatic heterocycles. The summed E-state index contributed by atoms with van der Waals surface area (Å²) in [7, 11) is 0. The van der Waals surface area contributed by atoms with Crippen molar-refractivity contribution < 1.29 is 9.53 Å². The number of urea groups is 1. The molecular formula is C19H29N3O2. The molecule has 0 bridgehead atoms. The van der Waals surface area contributed by atoms with Crippen molar-refractivity contribution in [1.29, 1.82) is 0 Å². The lowest BCUT2D eigenvalue weighted by Gasteiger charge is -2.35. The van der Waals surface area contributed by atoms with Gasteiger partial charge in [-0.2, -0.15) is 0 Å². The van der Waals surface area contributed by atoms with Gasteiger partial charge in [0, 0.05) is 39.3 Å². The summed E-state index contributed by atoms with van der Waals surface area (Å²) in [5.41, 5.74) is 2.65. The Bertz CT molecular complexity index is 549. The standard InChI is InChI=1S/C19H29N3O2/c1-15-5-3-6-17(13-15)14-21-8-10-22(11-9-21)19(23)20-16(2)18-7-4-12-24-18/h3,5-6,13,16,18H,4,7-12,14H2,1-2H3,(H,20,23). The Labute approximate surface area is 145 Å². The van der Waals surface area contributed by atoms with Crippen LogP contribution in [0.5, 0.6) is 0 Å². The zero-order chi connectivity index (χ0) is 16.9. The summed E-state index contributed by atoms with van der Waals surface area (Å²) < 4.78 is 5.65. The molecule has 0 saturated carbocycles. The molecule has 2 saturated heterocycles. The SMILES string of the molecule is Cc1cccc(CN2CCN(C(=O)NC(C)C3CCCO3)CC2)c1. The number of amides is 2. The smallest absolute Gasteiger partial charge is 0.317 e. The number of hydrogen-bond donors (Lipinski definition) is 1. The third-order valence-electron chi connectivity index (χ3n) is 5.02. The lowest BCUT2D eigenvalue weighted by molar-refractivity contribution is 0.0800. The Morgan fingerprint density at radius 1 is 1.33 bits per heavy atom. The lowest BCUT2D eigenvalue weighted by Crippen LogP contribution is -2.54. The first-order chi connectivity index (χ1) is 11.6. The van der Waals surface area contributed by atoms with E-state index < -0.39 is 0 Å². The Balaban J connectivity index is 1.43. The molecular weight excluding hydrogens is 302 g/mol. The molecule has 2 heterocycles. The molecule has 2 aliphatic rings. The number of rotatable bonds is 4. The summed E-state index contributed by atoms with van der Waals surface area (Å²) in [5, 5.41) is 3.11. The van der Waals surface area contributed by atoms with Gasteiger partial charge in [0.15, 0.2) is 0 Å². The molecule has 0 spiro atoms. The third kappa shape index (κ3) is 4.48. The highest BCUT2D eigenvalue weighted by atomic mass is 16.5. The fourth-order valence-corrected chi connectivity index (χ4v) is 3.55. The van der Waals surface area contributed by atoms with Crippen LogP contribution in [0.25, 0.3) is 0 Å². The van der Waals surface area contributed by atoms with E-state index in [0.29, 0.717) is 0 Å². The molecule has 1 N–H and O–H groups in total. The van der Waals surface area contributed by atoms with E-state index in [9.17, 15) is 4.79 Å². The van der Waals surface area contributed by atoms with Crippen molar-refractivity contribution in [2.24, 2.45) is 0 Å². The van der Waals surface area contributed by atoms with Crippen molar-refractivity contribution in [3.05, 3.63) is 35.4 Å². The van der Waals surface area contributed by atoms with Crippen LogP contribution in [-0.4, -0.2) is 60.8 Å². The van der Waals surface area contributed by atoms with Crippen molar-refractivity contribution in [3.8, 4) is 0 Å². The minimum Gasteiger partial charge on any atom is -0.376 e. The van der Waals surface area contributed by atoms with Gasteiger partial charge in [0.05, 0.1) is 12.1 Å². The van der Waals surface area contributed by atoms with Crippen molar-refractivity contribution in [2.45, 2.75) is 45.4 Å². The third-order valence-corrected chi connectivity index (χ3v) is 5.02. The van der Waals surface area contributed by atoms with Gasteiger partial charge in [-0.25, -0.2) is 4.79 Å². The number of nitrogens with one attached hydrogen (secondary N) is 1. The second-order valence-electron chi connectivity index (χ2n) is 7.04. The number of hydrogen-bond acceptors (Lipinski definition) is 3. The Hall–Kier alpha value is -1.59. The van der Waals surface area contributed by atoms with Gasteiger partial charge in [0.2, 0.25) is 0 Å². The number of benzene rings is 1. The lowest BCUT2D eigenvalue weighted by atomic mass is 10.1.